The number of alkyl halides is 1. The van der Waals surface area contributed by atoms with Crippen molar-refractivity contribution in [1.29, 1.82) is 0 Å². The highest BCUT2D eigenvalue weighted by molar-refractivity contribution is 14.1. The van der Waals surface area contributed by atoms with Gasteiger partial charge in [0.25, 0.3) is 0 Å². The molecule has 0 amide bonds. The van der Waals surface area contributed by atoms with Crippen LogP contribution in [0.15, 0.2) is 12.7 Å². The van der Waals surface area contributed by atoms with E-state index in [-0.39, 0.29) is 0 Å². The lowest BCUT2D eigenvalue weighted by Gasteiger charge is -2.17. The van der Waals surface area contributed by atoms with Crippen LogP contribution in [0, 0.1) is 5.92 Å². The second kappa shape index (κ2) is 6.16. The van der Waals surface area contributed by atoms with Gasteiger partial charge in [0.2, 0.25) is 0 Å². The quantitative estimate of drug-likeness (QED) is 0.412. The predicted octanol–water partition coefficient (Wildman–Crippen LogP) is 2.18. The average molecular weight is 253 g/mol. The number of hydrogen-bond donors (Lipinski definition) is 0. The molecule has 1 unspecified atom stereocenters. The monoisotopic (exact) mass is 253 g/mol. The second-order valence-corrected chi connectivity index (χ2v) is 3.74. The lowest BCUT2D eigenvalue weighted by Crippen LogP contribution is -2.25. The maximum atomic E-state index is 3.75. The maximum absolute atomic E-state index is 3.75. The summed E-state index contributed by atoms with van der Waals surface area (Å²) in [6.45, 7) is 8.25. The largest absolute Gasteiger partial charge is 0.305 e. The minimum Gasteiger partial charge on any atom is -0.305 e. The first kappa shape index (κ1) is 10.4. The fraction of sp³-hybridized carbons (Fsp3) is 0.750. The van der Waals surface area contributed by atoms with Crippen LogP contribution in [0.2, 0.25) is 0 Å². The highest BCUT2D eigenvalue weighted by atomic mass is 127. The summed E-state index contributed by atoms with van der Waals surface area (Å²) in [5.41, 5.74) is 0. The Hall–Kier alpha value is 0.430. The fourth-order valence-electron chi connectivity index (χ4n) is 0.802. The molecule has 1 atom stereocenters. The molecule has 0 bridgehead atoms. The third-order valence-electron chi connectivity index (χ3n) is 1.47. The van der Waals surface area contributed by atoms with Gasteiger partial charge in [0.15, 0.2) is 0 Å². The molecule has 2 heteroatoms. The molecule has 0 rings (SSSR count). The van der Waals surface area contributed by atoms with Crippen molar-refractivity contribution < 1.29 is 0 Å². The van der Waals surface area contributed by atoms with Crippen LogP contribution in [0.25, 0.3) is 0 Å². The smallest absolute Gasteiger partial charge is 0.0123 e. The summed E-state index contributed by atoms with van der Waals surface area (Å²) in [7, 11) is 2.15. The van der Waals surface area contributed by atoms with E-state index in [0.29, 0.717) is 5.92 Å². The molecular weight excluding hydrogens is 237 g/mol. The zero-order valence-corrected chi connectivity index (χ0v) is 8.97. The van der Waals surface area contributed by atoms with Crippen molar-refractivity contribution >= 4 is 22.6 Å². The van der Waals surface area contributed by atoms with Crippen molar-refractivity contribution in [2.75, 3.05) is 24.6 Å². The van der Waals surface area contributed by atoms with Crippen LogP contribution in [0.5, 0.6) is 0 Å². The third kappa shape index (κ3) is 5.23. The Morgan fingerprint density at radius 1 is 1.70 bits per heavy atom. The van der Waals surface area contributed by atoms with Crippen LogP contribution in [-0.4, -0.2) is 29.5 Å². The SMILES string of the molecule is C=CC(C)CN(C)CCI. The Labute approximate surface area is 77.6 Å². The summed E-state index contributed by atoms with van der Waals surface area (Å²) in [5.74, 6) is 0.618. The van der Waals surface area contributed by atoms with E-state index in [1.165, 1.54) is 11.0 Å². The van der Waals surface area contributed by atoms with Crippen LogP contribution in [0.3, 0.4) is 0 Å². The molecule has 1 nitrogen and oxygen atoms in total. The number of rotatable bonds is 5. The third-order valence-corrected chi connectivity index (χ3v) is 1.95. The molecule has 0 heterocycles. The minimum absolute atomic E-state index is 0.618. The highest BCUT2D eigenvalue weighted by Gasteiger charge is 2.00. The van der Waals surface area contributed by atoms with Gasteiger partial charge in [0.1, 0.15) is 0 Å². The molecule has 0 fully saturated rings. The minimum atomic E-state index is 0.618. The van der Waals surface area contributed by atoms with Crippen molar-refractivity contribution in [3.63, 3.8) is 0 Å². The first-order valence-electron chi connectivity index (χ1n) is 3.57. The summed E-state index contributed by atoms with van der Waals surface area (Å²) in [5, 5.41) is 0. The lowest BCUT2D eigenvalue weighted by atomic mass is 10.2. The highest BCUT2D eigenvalue weighted by Crippen LogP contribution is 1.98. The Morgan fingerprint density at radius 3 is 2.70 bits per heavy atom. The van der Waals surface area contributed by atoms with Gasteiger partial charge in [-0.15, -0.1) is 6.58 Å². The van der Waals surface area contributed by atoms with Gasteiger partial charge in [-0.25, -0.2) is 0 Å². The summed E-state index contributed by atoms with van der Waals surface area (Å²) in [4.78, 5) is 2.33. The van der Waals surface area contributed by atoms with Gasteiger partial charge in [-0.1, -0.05) is 35.6 Å². The van der Waals surface area contributed by atoms with Crippen molar-refractivity contribution in [1.82, 2.24) is 4.90 Å². The maximum Gasteiger partial charge on any atom is 0.0123 e. The van der Waals surface area contributed by atoms with Crippen LogP contribution >= 0.6 is 22.6 Å². The molecule has 0 aromatic rings. The standard InChI is InChI=1S/C8H16IN/c1-4-8(2)7-10(3)6-5-9/h4,8H,1,5-7H2,2-3H3. The van der Waals surface area contributed by atoms with Crippen molar-refractivity contribution in [3.05, 3.63) is 12.7 Å². The summed E-state index contributed by atoms with van der Waals surface area (Å²) >= 11 is 2.39. The van der Waals surface area contributed by atoms with Gasteiger partial charge in [-0.3, -0.25) is 0 Å². The van der Waals surface area contributed by atoms with E-state index < -0.39 is 0 Å². The zero-order valence-electron chi connectivity index (χ0n) is 6.81. The van der Waals surface area contributed by atoms with E-state index in [0.717, 1.165) is 6.54 Å². The Kier molecular flexibility index (Phi) is 6.43. The van der Waals surface area contributed by atoms with Gasteiger partial charge >= 0.3 is 0 Å². The number of nitrogens with zero attached hydrogens (tertiary/aromatic N) is 1. The normalized spacial score (nSPS) is 13.6. The van der Waals surface area contributed by atoms with Crippen LogP contribution in [-0.2, 0) is 0 Å². The van der Waals surface area contributed by atoms with Crippen molar-refractivity contribution in [2.45, 2.75) is 6.92 Å². The van der Waals surface area contributed by atoms with E-state index in [2.05, 4.69) is 48.0 Å². The van der Waals surface area contributed by atoms with Gasteiger partial charge < -0.3 is 4.90 Å². The lowest BCUT2D eigenvalue weighted by molar-refractivity contribution is 0.328. The zero-order chi connectivity index (χ0) is 7.98. The fourth-order valence-corrected chi connectivity index (χ4v) is 1.63. The number of hydrogen-bond acceptors (Lipinski definition) is 1. The summed E-state index contributed by atoms with van der Waals surface area (Å²) in [6.07, 6.45) is 2.00. The Morgan fingerprint density at radius 2 is 2.30 bits per heavy atom. The van der Waals surface area contributed by atoms with Crippen molar-refractivity contribution in [3.8, 4) is 0 Å². The molecule has 0 aromatic heterocycles. The van der Waals surface area contributed by atoms with Gasteiger partial charge in [-0.2, -0.15) is 0 Å². The molecule has 0 aliphatic rings. The first-order chi connectivity index (χ1) is 4.70. The second-order valence-electron chi connectivity index (χ2n) is 2.66. The topological polar surface area (TPSA) is 3.24 Å². The Balaban J connectivity index is 3.36. The van der Waals surface area contributed by atoms with Crippen LogP contribution in [0.4, 0.5) is 0 Å². The van der Waals surface area contributed by atoms with E-state index in [9.17, 15) is 0 Å². The average Bonchev–Trinajstić information content (AvgIpc) is 1.88. The molecule has 0 aliphatic heterocycles. The molecule has 0 saturated carbocycles. The van der Waals surface area contributed by atoms with E-state index in [1.54, 1.807) is 0 Å². The molecule has 0 aromatic carbocycles. The summed E-state index contributed by atoms with van der Waals surface area (Å²) in [6, 6.07) is 0. The van der Waals surface area contributed by atoms with Crippen LogP contribution in [0.1, 0.15) is 6.92 Å². The predicted molar refractivity (Wildman–Crippen MR) is 55.7 cm³/mol. The van der Waals surface area contributed by atoms with Crippen LogP contribution < -0.4 is 0 Å². The summed E-state index contributed by atoms with van der Waals surface area (Å²) < 4.78 is 1.21. The molecule has 0 spiro atoms. The molecule has 0 saturated heterocycles. The number of halogens is 1. The van der Waals surface area contributed by atoms with E-state index >= 15 is 0 Å². The molecule has 60 valence electrons. The molecule has 0 radical (unpaired) electrons. The van der Waals surface area contributed by atoms with E-state index in [4.69, 9.17) is 0 Å². The molecule has 0 N–H and O–H groups in total. The Bertz CT molecular complexity index is 93.3. The van der Waals surface area contributed by atoms with Gasteiger partial charge in [0.05, 0.1) is 0 Å². The molecular formula is C8H16IN. The van der Waals surface area contributed by atoms with Gasteiger partial charge in [0, 0.05) is 17.5 Å². The molecule has 10 heavy (non-hydrogen) atoms. The van der Waals surface area contributed by atoms with Crippen molar-refractivity contribution in [2.24, 2.45) is 5.92 Å². The van der Waals surface area contributed by atoms with Gasteiger partial charge in [-0.05, 0) is 13.0 Å². The van der Waals surface area contributed by atoms with E-state index in [1.807, 2.05) is 6.08 Å². The first-order valence-corrected chi connectivity index (χ1v) is 5.10. The molecule has 0 aliphatic carbocycles.